The number of aromatic nitrogens is 3. The summed E-state index contributed by atoms with van der Waals surface area (Å²) in [5.74, 6) is 0.143. The Balaban J connectivity index is 1.74. The van der Waals surface area contributed by atoms with Gasteiger partial charge in [-0.25, -0.2) is 0 Å². The van der Waals surface area contributed by atoms with Crippen molar-refractivity contribution in [2.75, 3.05) is 5.32 Å². The van der Waals surface area contributed by atoms with Crippen molar-refractivity contribution in [1.82, 2.24) is 14.3 Å². The minimum atomic E-state index is -4.44. The molecule has 140 valence electrons. The summed E-state index contributed by atoms with van der Waals surface area (Å²) in [4.78, 5) is 20.7. The normalized spacial score (nSPS) is 11.6. The maximum absolute atomic E-state index is 12.6. The van der Waals surface area contributed by atoms with Gasteiger partial charge >= 0.3 is 6.18 Å². The van der Waals surface area contributed by atoms with Gasteiger partial charge in [0.05, 0.1) is 5.56 Å². The molecule has 2 aromatic heterocycles. The van der Waals surface area contributed by atoms with E-state index in [2.05, 4.69) is 33.5 Å². The van der Waals surface area contributed by atoms with Gasteiger partial charge in [-0.1, -0.05) is 13.8 Å². The fraction of sp³-hybridized carbons (Fsp3) is 0.222. The van der Waals surface area contributed by atoms with Crippen LogP contribution in [0.4, 0.5) is 18.3 Å². The monoisotopic (exact) mass is 392 g/mol. The van der Waals surface area contributed by atoms with Crippen LogP contribution in [0.25, 0.3) is 11.5 Å². The van der Waals surface area contributed by atoms with E-state index in [-0.39, 0.29) is 10.7 Å². The van der Waals surface area contributed by atoms with Crippen LogP contribution < -0.4 is 5.32 Å². The Morgan fingerprint density at radius 2 is 1.85 bits per heavy atom. The van der Waals surface area contributed by atoms with E-state index in [4.69, 9.17) is 0 Å². The Morgan fingerprint density at radius 1 is 1.15 bits per heavy atom. The molecule has 27 heavy (non-hydrogen) atoms. The number of pyridine rings is 1. The van der Waals surface area contributed by atoms with Crippen LogP contribution in [0.15, 0.2) is 42.6 Å². The standard InChI is InChI=1S/C18H15F3N4OS/c1-10(2)12-7-8-22-14(9-12)15-23-17(27-25-15)24-16(26)11-3-5-13(6-4-11)18(19,20)21/h3-10H,1-2H3,(H,23,24,25,26). The van der Waals surface area contributed by atoms with E-state index in [1.807, 2.05) is 12.1 Å². The highest BCUT2D eigenvalue weighted by Crippen LogP contribution is 2.29. The van der Waals surface area contributed by atoms with Gasteiger partial charge in [0.15, 0.2) is 5.82 Å². The Bertz CT molecular complexity index is 952. The first-order valence-corrected chi connectivity index (χ1v) is 8.80. The molecule has 1 N–H and O–H groups in total. The van der Waals surface area contributed by atoms with Gasteiger partial charge in [0.25, 0.3) is 5.91 Å². The van der Waals surface area contributed by atoms with Crippen LogP contribution in [-0.4, -0.2) is 20.2 Å². The molecular weight excluding hydrogens is 377 g/mol. The fourth-order valence-electron chi connectivity index (χ4n) is 2.29. The molecule has 0 aliphatic carbocycles. The van der Waals surface area contributed by atoms with Crippen molar-refractivity contribution in [2.24, 2.45) is 0 Å². The van der Waals surface area contributed by atoms with E-state index in [9.17, 15) is 18.0 Å². The number of rotatable bonds is 4. The van der Waals surface area contributed by atoms with Crippen molar-refractivity contribution >= 4 is 22.6 Å². The number of nitrogens with one attached hydrogen (secondary N) is 1. The second-order valence-electron chi connectivity index (χ2n) is 6.08. The number of hydrogen-bond donors (Lipinski definition) is 1. The first-order chi connectivity index (χ1) is 12.7. The minimum Gasteiger partial charge on any atom is -0.297 e. The van der Waals surface area contributed by atoms with Crippen molar-refractivity contribution in [1.29, 1.82) is 0 Å². The van der Waals surface area contributed by atoms with Gasteiger partial charge in [-0.05, 0) is 47.9 Å². The van der Waals surface area contributed by atoms with Crippen molar-refractivity contribution < 1.29 is 18.0 Å². The number of amides is 1. The average Bonchev–Trinajstić information content (AvgIpc) is 3.09. The van der Waals surface area contributed by atoms with Crippen LogP contribution in [0.3, 0.4) is 0 Å². The quantitative estimate of drug-likeness (QED) is 0.679. The zero-order valence-electron chi connectivity index (χ0n) is 14.4. The predicted octanol–water partition coefficient (Wildman–Crippen LogP) is 4.99. The number of nitrogens with zero attached hydrogens (tertiary/aromatic N) is 3. The lowest BCUT2D eigenvalue weighted by Gasteiger charge is -2.07. The van der Waals surface area contributed by atoms with Gasteiger partial charge in [-0.3, -0.25) is 15.1 Å². The van der Waals surface area contributed by atoms with Crippen molar-refractivity contribution in [3.8, 4) is 11.5 Å². The third kappa shape index (κ3) is 4.48. The summed E-state index contributed by atoms with van der Waals surface area (Å²) >= 11 is 0.976. The number of alkyl halides is 3. The molecule has 0 bridgehead atoms. The summed E-state index contributed by atoms with van der Waals surface area (Å²) in [6, 6.07) is 7.76. The Labute approximate surface area is 157 Å². The SMILES string of the molecule is CC(C)c1ccnc(-c2nsc(NC(=O)c3ccc(C(F)(F)F)cc3)n2)c1. The smallest absolute Gasteiger partial charge is 0.297 e. The Morgan fingerprint density at radius 3 is 2.48 bits per heavy atom. The molecular formula is C18H15F3N4OS. The molecule has 0 unspecified atom stereocenters. The number of halogens is 3. The van der Waals surface area contributed by atoms with Gasteiger partial charge < -0.3 is 0 Å². The van der Waals surface area contributed by atoms with Crippen LogP contribution in [0.2, 0.25) is 0 Å². The largest absolute Gasteiger partial charge is 0.416 e. The Kier molecular flexibility index (Phi) is 5.22. The second kappa shape index (κ2) is 7.43. The van der Waals surface area contributed by atoms with Gasteiger partial charge in [-0.2, -0.15) is 22.5 Å². The summed E-state index contributed by atoms with van der Waals surface area (Å²) in [6.45, 7) is 4.12. The molecule has 1 aromatic carbocycles. The first kappa shape index (κ1) is 19.0. The second-order valence-corrected chi connectivity index (χ2v) is 6.83. The summed E-state index contributed by atoms with van der Waals surface area (Å²) in [6.07, 6.45) is -2.77. The minimum absolute atomic E-state index is 0.0969. The van der Waals surface area contributed by atoms with Gasteiger partial charge in [0.2, 0.25) is 5.13 Å². The summed E-state index contributed by atoms with van der Waals surface area (Å²) in [5.41, 5.74) is 0.964. The molecule has 0 saturated carbocycles. The molecule has 0 atom stereocenters. The highest BCUT2D eigenvalue weighted by molar-refractivity contribution is 7.10. The van der Waals surface area contributed by atoms with E-state index in [0.717, 1.165) is 41.4 Å². The lowest BCUT2D eigenvalue weighted by atomic mass is 10.0. The van der Waals surface area contributed by atoms with Crippen LogP contribution in [0.5, 0.6) is 0 Å². The molecule has 0 fully saturated rings. The number of anilines is 1. The number of carbonyl (C=O) groups excluding carboxylic acids is 1. The molecule has 5 nitrogen and oxygen atoms in total. The zero-order chi connectivity index (χ0) is 19.6. The number of benzene rings is 1. The lowest BCUT2D eigenvalue weighted by molar-refractivity contribution is -0.137. The maximum Gasteiger partial charge on any atom is 0.416 e. The molecule has 0 spiro atoms. The molecule has 0 saturated heterocycles. The van der Waals surface area contributed by atoms with Gasteiger partial charge in [0.1, 0.15) is 5.69 Å². The van der Waals surface area contributed by atoms with E-state index in [1.165, 1.54) is 0 Å². The number of carbonyl (C=O) groups is 1. The summed E-state index contributed by atoms with van der Waals surface area (Å²) in [5, 5.41) is 2.78. The molecule has 1 amide bonds. The lowest BCUT2D eigenvalue weighted by Crippen LogP contribution is -2.12. The van der Waals surface area contributed by atoms with E-state index in [0.29, 0.717) is 17.4 Å². The van der Waals surface area contributed by atoms with Crippen LogP contribution in [0, 0.1) is 0 Å². The molecule has 3 rings (SSSR count). The van der Waals surface area contributed by atoms with E-state index in [1.54, 1.807) is 6.20 Å². The molecule has 0 aliphatic heterocycles. The number of hydrogen-bond acceptors (Lipinski definition) is 5. The first-order valence-electron chi connectivity index (χ1n) is 8.02. The average molecular weight is 392 g/mol. The zero-order valence-corrected chi connectivity index (χ0v) is 15.2. The van der Waals surface area contributed by atoms with Gasteiger partial charge in [-0.15, -0.1) is 0 Å². The van der Waals surface area contributed by atoms with Crippen LogP contribution in [0.1, 0.15) is 41.3 Å². The predicted molar refractivity (Wildman–Crippen MR) is 96.6 cm³/mol. The third-order valence-corrected chi connectivity index (χ3v) is 4.43. The highest BCUT2D eigenvalue weighted by Gasteiger charge is 2.30. The Hall–Kier alpha value is -2.81. The maximum atomic E-state index is 12.6. The molecule has 2 heterocycles. The van der Waals surface area contributed by atoms with Crippen LogP contribution in [-0.2, 0) is 6.18 Å². The third-order valence-electron chi connectivity index (χ3n) is 3.80. The van der Waals surface area contributed by atoms with Crippen LogP contribution >= 0.6 is 11.5 Å². The summed E-state index contributed by atoms with van der Waals surface area (Å²) in [7, 11) is 0. The molecule has 0 aliphatic rings. The van der Waals surface area contributed by atoms with Crippen molar-refractivity contribution in [3.05, 3.63) is 59.3 Å². The molecule has 3 aromatic rings. The molecule has 0 radical (unpaired) electrons. The van der Waals surface area contributed by atoms with Gasteiger partial charge in [0, 0.05) is 23.3 Å². The topological polar surface area (TPSA) is 67.8 Å². The molecule has 9 heteroatoms. The van der Waals surface area contributed by atoms with E-state index >= 15 is 0 Å². The van der Waals surface area contributed by atoms with E-state index < -0.39 is 17.6 Å². The van der Waals surface area contributed by atoms with Crippen molar-refractivity contribution in [2.45, 2.75) is 25.9 Å². The van der Waals surface area contributed by atoms with Crippen molar-refractivity contribution in [3.63, 3.8) is 0 Å². The summed E-state index contributed by atoms with van der Waals surface area (Å²) < 4.78 is 41.9. The highest BCUT2D eigenvalue weighted by atomic mass is 32.1. The fourth-order valence-corrected chi connectivity index (χ4v) is 2.86.